The number of hydrogen-bond donors (Lipinski definition) is 0. The maximum atomic E-state index is 13.4. The van der Waals surface area contributed by atoms with E-state index in [4.69, 9.17) is 4.74 Å². The van der Waals surface area contributed by atoms with Gasteiger partial charge in [-0.05, 0) is 62.0 Å². The van der Waals surface area contributed by atoms with Crippen LogP contribution in [-0.2, 0) is 13.5 Å². The number of aromatic nitrogens is 1. The van der Waals surface area contributed by atoms with E-state index in [0.717, 1.165) is 35.2 Å². The Kier molecular flexibility index (Phi) is 8.63. The number of hydrogen-bond acceptors (Lipinski definition) is 2. The lowest BCUT2D eigenvalue weighted by atomic mass is 9.96. The Morgan fingerprint density at radius 3 is 2.29 bits per heavy atom. The SMILES string of the molecule is CN(C)CCOc1ccc2c(c1)c(Cc1ccc(F)cc1)c1ccccc1[n+]2C.Cl.[Cl-]. The van der Waals surface area contributed by atoms with E-state index in [9.17, 15) is 4.39 Å². The molecule has 0 fully saturated rings. The first-order valence-electron chi connectivity index (χ1n) is 9.88. The summed E-state index contributed by atoms with van der Waals surface area (Å²) in [6.07, 6.45) is 0.735. The zero-order chi connectivity index (χ0) is 20.4. The molecule has 0 N–H and O–H groups in total. The highest BCUT2D eigenvalue weighted by atomic mass is 35.5. The minimum Gasteiger partial charge on any atom is -1.00 e. The Balaban J connectivity index is 0.00000171. The second kappa shape index (κ2) is 10.8. The van der Waals surface area contributed by atoms with Gasteiger partial charge in [0, 0.05) is 18.7 Å². The highest BCUT2D eigenvalue weighted by Crippen LogP contribution is 2.29. The highest BCUT2D eigenvalue weighted by molar-refractivity contribution is 5.94. The molecule has 31 heavy (non-hydrogen) atoms. The molecule has 6 heteroatoms. The van der Waals surface area contributed by atoms with Crippen molar-refractivity contribution in [3.8, 4) is 5.75 Å². The second-order valence-electron chi connectivity index (χ2n) is 7.69. The topological polar surface area (TPSA) is 16.4 Å². The highest BCUT2D eigenvalue weighted by Gasteiger charge is 2.18. The third kappa shape index (κ3) is 5.45. The summed E-state index contributed by atoms with van der Waals surface area (Å²) in [6, 6.07) is 21.5. The summed E-state index contributed by atoms with van der Waals surface area (Å²) >= 11 is 0. The molecule has 0 aliphatic rings. The van der Waals surface area contributed by atoms with Crippen molar-refractivity contribution >= 4 is 34.2 Å². The average Bonchev–Trinajstić information content (AvgIpc) is 2.72. The lowest BCUT2D eigenvalue weighted by Gasteiger charge is -2.14. The molecule has 0 amide bonds. The van der Waals surface area contributed by atoms with Gasteiger partial charge in [-0.15, -0.1) is 12.4 Å². The molecule has 0 aliphatic heterocycles. The monoisotopic (exact) mass is 460 g/mol. The average molecular weight is 461 g/mol. The minimum atomic E-state index is -0.209. The van der Waals surface area contributed by atoms with Crippen LogP contribution >= 0.6 is 12.4 Å². The van der Waals surface area contributed by atoms with E-state index in [2.05, 4.69) is 52.9 Å². The molecule has 0 atom stereocenters. The molecule has 3 aromatic carbocycles. The predicted octanol–water partition coefficient (Wildman–Crippen LogP) is 1.91. The van der Waals surface area contributed by atoms with Crippen molar-refractivity contribution in [3.05, 3.63) is 83.7 Å². The van der Waals surface area contributed by atoms with Gasteiger partial charge in [0.1, 0.15) is 25.2 Å². The molecule has 0 aliphatic carbocycles. The number of rotatable bonds is 6. The second-order valence-corrected chi connectivity index (χ2v) is 7.69. The molecule has 0 saturated carbocycles. The molecule has 0 spiro atoms. The summed E-state index contributed by atoms with van der Waals surface area (Å²) < 4.78 is 21.6. The van der Waals surface area contributed by atoms with Crippen LogP contribution in [0.4, 0.5) is 4.39 Å². The molecule has 1 heterocycles. The number of fused-ring (bicyclic) bond motifs is 2. The minimum absolute atomic E-state index is 0. The van der Waals surface area contributed by atoms with Crippen LogP contribution < -0.4 is 21.7 Å². The zero-order valence-electron chi connectivity index (χ0n) is 17.9. The van der Waals surface area contributed by atoms with Crippen LogP contribution in [0, 0.1) is 5.82 Å². The first kappa shape index (κ1) is 24.9. The largest absolute Gasteiger partial charge is 1.00 e. The Morgan fingerprint density at radius 2 is 1.58 bits per heavy atom. The van der Waals surface area contributed by atoms with Gasteiger partial charge >= 0.3 is 0 Å². The smallest absolute Gasteiger partial charge is 0.213 e. The van der Waals surface area contributed by atoms with Gasteiger partial charge in [-0.2, -0.15) is 4.57 Å². The fourth-order valence-electron chi connectivity index (χ4n) is 3.78. The predicted molar refractivity (Wildman–Crippen MR) is 123 cm³/mol. The molecule has 4 rings (SSSR count). The Hall–Kier alpha value is -2.40. The van der Waals surface area contributed by atoms with Crippen molar-refractivity contribution in [2.75, 3.05) is 27.2 Å². The standard InChI is InChI=1S/C25H26FN2O.2ClH/c1-27(2)14-15-29-20-12-13-25-23(17-20)22(16-18-8-10-19(26)11-9-18)21-6-4-5-7-24(21)28(25)3;;/h4-13,17H,14-16H2,1-3H3;2*1H/q+1;;/p-1. The third-order valence-corrected chi connectivity index (χ3v) is 5.35. The van der Waals surface area contributed by atoms with E-state index in [1.807, 2.05) is 32.3 Å². The van der Waals surface area contributed by atoms with Crippen LogP contribution in [0.2, 0.25) is 0 Å². The number of benzene rings is 3. The normalized spacial score (nSPS) is 10.7. The fourth-order valence-corrected chi connectivity index (χ4v) is 3.78. The summed E-state index contributed by atoms with van der Waals surface area (Å²) in [5, 5.41) is 2.37. The molecule has 4 aromatic rings. The summed E-state index contributed by atoms with van der Waals surface area (Å²) in [7, 11) is 6.17. The lowest BCUT2D eigenvalue weighted by Crippen LogP contribution is -3.00. The molecule has 0 saturated heterocycles. The number of ether oxygens (including phenoxy) is 1. The Morgan fingerprint density at radius 1 is 0.903 bits per heavy atom. The van der Waals surface area contributed by atoms with Gasteiger partial charge in [-0.3, -0.25) is 0 Å². The van der Waals surface area contributed by atoms with Gasteiger partial charge in [-0.25, -0.2) is 4.39 Å². The van der Waals surface area contributed by atoms with Crippen LogP contribution in [0.1, 0.15) is 11.1 Å². The van der Waals surface area contributed by atoms with E-state index in [0.29, 0.717) is 6.61 Å². The number of para-hydroxylation sites is 1. The maximum absolute atomic E-state index is 13.4. The Labute approximate surface area is 195 Å². The quantitative estimate of drug-likeness (QED) is 0.322. The van der Waals surface area contributed by atoms with Gasteiger partial charge in [-0.1, -0.05) is 24.3 Å². The van der Waals surface area contributed by atoms with Crippen LogP contribution in [0.25, 0.3) is 21.8 Å². The summed E-state index contributed by atoms with van der Waals surface area (Å²) in [5.41, 5.74) is 4.66. The molecular formula is C25H27Cl2FN2O. The van der Waals surface area contributed by atoms with Crippen LogP contribution in [0.15, 0.2) is 66.7 Å². The van der Waals surface area contributed by atoms with Crippen molar-refractivity contribution in [2.24, 2.45) is 7.05 Å². The van der Waals surface area contributed by atoms with Crippen molar-refractivity contribution in [1.82, 2.24) is 4.90 Å². The van der Waals surface area contributed by atoms with E-state index >= 15 is 0 Å². The first-order valence-corrected chi connectivity index (χ1v) is 9.88. The summed E-state index contributed by atoms with van der Waals surface area (Å²) in [6.45, 7) is 1.51. The lowest BCUT2D eigenvalue weighted by molar-refractivity contribution is -0.617. The first-order chi connectivity index (χ1) is 14.0. The van der Waals surface area contributed by atoms with E-state index in [-0.39, 0.29) is 30.6 Å². The molecular weight excluding hydrogens is 434 g/mol. The van der Waals surface area contributed by atoms with Gasteiger partial charge < -0.3 is 22.0 Å². The summed E-state index contributed by atoms with van der Waals surface area (Å²) in [5.74, 6) is 0.662. The number of likely N-dealkylation sites (N-methyl/N-ethyl adjacent to an activating group) is 1. The van der Waals surface area contributed by atoms with Crippen molar-refractivity contribution in [2.45, 2.75) is 6.42 Å². The van der Waals surface area contributed by atoms with Gasteiger partial charge in [0.25, 0.3) is 0 Å². The molecule has 3 nitrogen and oxygen atoms in total. The van der Waals surface area contributed by atoms with Gasteiger partial charge in [0.05, 0.1) is 10.8 Å². The van der Waals surface area contributed by atoms with E-state index in [1.54, 1.807) is 0 Å². The van der Waals surface area contributed by atoms with Crippen LogP contribution in [0.5, 0.6) is 5.75 Å². The van der Waals surface area contributed by atoms with Crippen molar-refractivity contribution in [1.29, 1.82) is 0 Å². The number of halogens is 3. The van der Waals surface area contributed by atoms with Crippen LogP contribution in [0.3, 0.4) is 0 Å². The number of nitrogens with zero attached hydrogens (tertiary/aromatic N) is 2. The van der Waals surface area contributed by atoms with Gasteiger partial charge in [0.15, 0.2) is 0 Å². The van der Waals surface area contributed by atoms with E-state index < -0.39 is 0 Å². The molecule has 0 bridgehead atoms. The van der Waals surface area contributed by atoms with Crippen molar-refractivity contribution < 1.29 is 26.1 Å². The summed E-state index contributed by atoms with van der Waals surface area (Å²) in [4.78, 5) is 2.11. The zero-order valence-corrected chi connectivity index (χ0v) is 19.5. The van der Waals surface area contributed by atoms with Gasteiger partial charge in [0.2, 0.25) is 11.0 Å². The third-order valence-electron chi connectivity index (χ3n) is 5.35. The Bertz CT molecular complexity index is 1160. The maximum Gasteiger partial charge on any atom is 0.213 e. The number of aryl methyl sites for hydroxylation is 1. The molecule has 164 valence electrons. The fraction of sp³-hybridized carbons (Fsp3) is 0.240. The van der Waals surface area contributed by atoms with E-state index in [1.165, 1.54) is 28.6 Å². The van der Waals surface area contributed by atoms with Crippen LogP contribution in [-0.4, -0.2) is 32.1 Å². The number of pyridine rings is 1. The molecule has 0 radical (unpaired) electrons. The van der Waals surface area contributed by atoms with Crippen molar-refractivity contribution in [3.63, 3.8) is 0 Å². The molecule has 0 unspecified atom stereocenters. The molecule has 1 aromatic heterocycles.